The van der Waals surface area contributed by atoms with Gasteiger partial charge in [-0.2, -0.15) is 0 Å². The molecular weight excluding hydrogens is 420 g/mol. The van der Waals surface area contributed by atoms with E-state index < -0.39 is 4.87 Å². The molecule has 0 N–H and O–H groups in total. The van der Waals surface area contributed by atoms with E-state index in [0.29, 0.717) is 30.2 Å². The molecule has 0 radical (unpaired) electrons. The molecule has 0 aliphatic carbocycles. The first-order valence-corrected chi connectivity index (χ1v) is 11.6. The number of aryl methyl sites for hydroxylation is 1. The molecular formula is C26H24N2O3S. The lowest BCUT2D eigenvalue weighted by Crippen LogP contribution is -2.50. The number of hydrogen-bond donors (Lipinski definition) is 0. The summed E-state index contributed by atoms with van der Waals surface area (Å²) in [5.74, 6) is 1.11. The van der Waals surface area contributed by atoms with Crippen molar-refractivity contribution in [3.63, 3.8) is 0 Å². The molecule has 32 heavy (non-hydrogen) atoms. The van der Waals surface area contributed by atoms with Gasteiger partial charge in [0, 0.05) is 23.4 Å². The molecule has 2 aliphatic heterocycles. The van der Waals surface area contributed by atoms with Crippen molar-refractivity contribution in [3.8, 4) is 5.75 Å². The minimum absolute atomic E-state index is 0.0565. The molecule has 5 rings (SSSR count). The van der Waals surface area contributed by atoms with Crippen molar-refractivity contribution < 1.29 is 14.3 Å². The van der Waals surface area contributed by atoms with Crippen LogP contribution >= 0.6 is 11.8 Å². The number of carbonyl (C=O) groups is 2. The van der Waals surface area contributed by atoms with Gasteiger partial charge < -0.3 is 14.5 Å². The predicted molar refractivity (Wildman–Crippen MR) is 127 cm³/mol. The van der Waals surface area contributed by atoms with E-state index in [1.165, 1.54) is 0 Å². The Morgan fingerprint density at radius 1 is 1.06 bits per heavy atom. The highest BCUT2D eigenvalue weighted by Crippen LogP contribution is 2.54. The van der Waals surface area contributed by atoms with E-state index in [1.807, 2.05) is 60.4 Å². The van der Waals surface area contributed by atoms with Gasteiger partial charge in [-0.05, 0) is 36.8 Å². The molecule has 1 spiro atoms. The van der Waals surface area contributed by atoms with Crippen molar-refractivity contribution in [2.75, 3.05) is 24.3 Å². The number of ether oxygens (including phenoxy) is 1. The number of benzene rings is 3. The highest BCUT2D eigenvalue weighted by Gasteiger charge is 2.59. The summed E-state index contributed by atoms with van der Waals surface area (Å²) < 4.78 is 5.30. The van der Waals surface area contributed by atoms with Crippen LogP contribution in [0, 0.1) is 6.92 Å². The molecule has 6 heteroatoms. The van der Waals surface area contributed by atoms with Crippen molar-refractivity contribution in [2.24, 2.45) is 0 Å². The maximum absolute atomic E-state index is 14.0. The van der Waals surface area contributed by atoms with Crippen LogP contribution < -0.4 is 9.64 Å². The zero-order valence-corrected chi connectivity index (χ0v) is 18.9. The van der Waals surface area contributed by atoms with E-state index in [1.54, 1.807) is 42.0 Å². The number of thioether (sulfide) groups is 1. The van der Waals surface area contributed by atoms with Crippen molar-refractivity contribution in [2.45, 2.75) is 18.3 Å². The van der Waals surface area contributed by atoms with Crippen LogP contribution in [0.5, 0.6) is 5.75 Å². The molecule has 2 heterocycles. The molecule has 3 aromatic rings. The Labute approximate surface area is 192 Å². The van der Waals surface area contributed by atoms with Gasteiger partial charge in [-0.15, -0.1) is 11.8 Å². The number of nitrogens with zero attached hydrogens (tertiary/aromatic N) is 2. The smallest absolute Gasteiger partial charge is 0.268 e. The topological polar surface area (TPSA) is 49.9 Å². The van der Waals surface area contributed by atoms with E-state index in [0.717, 1.165) is 22.4 Å². The summed E-state index contributed by atoms with van der Waals surface area (Å²) >= 11 is 1.54. The molecule has 2 aliphatic rings. The van der Waals surface area contributed by atoms with Gasteiger partial charge >= 0.3 is 0 Å². The fraction of sp³-hybridized carbons (Fsp3) is 0.231. The average Bonchev–Trinajstić information content (AvgIpc) is 3.36. The van der Waals surface area contributed by atoms with Crippen LogP contribution in [0.4, 0.5) is 5.69 Å². The lowest BCUT2D eigenvalue weighted by atomic mass is 10.0. The van der Waals surface area contributed by atoms with Gasteiger partial charge in [0.1, 0.15) is 5.75 Å². The van der Waals surface area contributed by atoms with Gasteiger partial charge in [-0.3, -0.25) is 9.59 Å². The highest BCUT2D eigenvalue weighted by atomic mass is 32.2. The zero-order valence-electron chi connectivity index (χ0n) is 18.1. The number of hydrogen-bond acceptors (Lipinski definition) is 4. The van der Waals surface area contributed by atoms with Crippen molar-refractivity contribution in [3.05, 3.63) is 95.1 Å². The fourth-order valence-electron chi connectivity index (χ4n) is 4.63. The number of para-hydroxylation sites is 1. The molecule has 0 saturated carbocycles. The van der Waals surface area contributed by atoms with Crippen molar-refractivity contribution in [1.82, 2.24) is 4.90 Å². The third-order valence-electron chi connectivity index (χ3n) is 6.09. The van der Waals surface area contributed by atoms with Crippen molar-refractivity contribution >= 4 is 29.3 Å². The van der Waals surface area contributed by atoms with Crippen LogP contribution in [0.3, 0.4) is 0 Å². The Kier molecular flexibility index (Phi) is 5.18. The summed E-state index contributed by atoms with van der Waals surface area (Å²) in [6, 6.07) is 23.2. The summed E-state index contributed by atoms with van der Waals surface area (Å²) in [5.41, 5.74) is 4.50. The Balaban J connectivity index is 1.56. The molecule has 1 fully saturated rings. The predicted octanol–water partition coefficient (Wildman–Crippen LogP) is 4.59. The van der Waals surface area contributed by atoms with Gasteiger partial charge in [-0.25, -0.2) is 0 Å². The van der Waals surface area contributed by atoms with Gasteiger partial charge in [0.2, 0.25) is 0 Å². The lowest BCUT2D eigenvalue weighted by molar-refractivity contribution is -0.123. The van der Waals surface area contributed by atoms with Gasteiger partial charge in [0.25, 0.3) is 11.8 Å². The number of amides is 2. The highest BCUT2D eigenvalue weighted by molar-refractivity contribution is 8.01. The molecule has 162 valence electrons. The number of fused-ring (bicyclic) bond motifs is 2. The third kappa shape index (κ3) is 3.17. The Hall–Kier alpha value is -3.25. The van der Waals surface area contributed by atoms with E-state index in [-0.39, 0.29) is 11.8 Å². The summed E-state index contributed by atoms with van der Waals surface area (Å²) in [4.78, 5) is 30.2. The molecule has 3 aromatic carbocycles. The first kappa shape index (κ1) is 20.6. The van der Waals surface area contributed by atoms with Crippen LogP contribution in [0.25, 0.3) is 0 Å². The first-order valence-electron chi connectivity index (χ1n) is 10.6. The van der Waals surface area contributed by atoms with Crippen LogP contribution in [0.1, 0.15) is 27.0 Å². The van der Waals surface area contributed by atoms with Crippen LogP contribution in [0.2, 0.25) is 0 Å². The summed E-state index contributed by atoms with van der Waals surface area (Å²) in [6.45, 7) is 3.03. The number of carbonyl (C=O) groups excluding carboxylic acids is 2. The lowest BCUT2D eigenvalue weighted by Gasteiger charge is -2.33. The Morgan fingerprint density at radius 3 is 2.69 bits per heavy atom. The second-order valence-corrected chi connectivity index (χ2v) is 9.37. The largest absolute Gasteiger partial charge is 0.497 e. The van der Waals surface area contributed by atoms with E-state index in [2.05, 4.69) is 6.07 Å². The standard InChI is InChI=1S/C26H24N2O3S/c1-18-7-5-8-19(15-18)17-27-23-12-4-3-11-22(23)26(25(27)30)28(13-14-32-26)24(29)20-9-6-10-21(16-20)31-2/h3-12,15-16H,13-14,17H2,1-2H3. The van der Waals surface area contributed by atoms with Gasteiger partial charge in [0.05, 0.1) is 19.3 Å². The first-order chi connectivity index (χ1) is 15.5. The molecule has 5 nitrogen and oxygen atoms in total. The second kappa shape index (κ2) is 8.02. The molecule has 0 aromatic heterocycles. The maximum atomic E-state index is 14.0. The average molecular weight is 445 g/mol. The Morgan fingerprint density at radius 2 is 1.88 bits per heavy atom. The summed E-state index contributed by atoms with van der Waals surface area (Å²) in [6.07, 6.45) is 0. The number of methoxy groups -OCH3 is 1. The monoisotopic (exact) mass is 444 g/mol. The van der Waals surface area contributed by atoms with Crippen LogP contribution in [0.15, 0.2) is 72.8 Å². The van der Waals surface area contributed by atoms with Crippen LogP contribution in [-0.4, -0.2) is 36.1 Å². The minimum atomic E-state index is -1.04. The third-order valence-corrected chi connectivity index (χ3v) is 7.51. The van der Waals surface area contributed by atoms with Gasteiger partial charge in [-0.1, -0.05) is 54.1 Å². The second-order valence-electron chi connectivity index (χ2n) is 8.08. The van der Waals surface area contributed by atoms with Crippen LogP contribution in [-0.2, 0) is 16.2 Å². The minimum Gasteiger partial charge on any atom is -0.497 e. The molecule has 1 saturated heterocycles. The molecule has 1 unspecified atom stereocenters. The normalized spacial score (nSPS) is 19.5. The van der Waals surface area contributed by atoms with E-state index in [4.69, 9.17) is 4.74 Å². The van der Waals surface area contributed by atoms with Gasteiger partial charge in [0.15, 0.2) is 4.87 Å². The maximum Gasteiger partial charge on any atom is 0.268 e. The number of rotatable bonds is 4. The zero-order chi connectivity index (χ0) is 22.3. The fourth-order valence-corrected chi connectivity index (χ4v) is 6.09. The molecule has 1 atom stereocenters. The quantitative estimate of drug-likeness (QED) is 0.591. The van der Waals surface area contributed by atoms with E-state index >= 15 is 0 Å². The SMILES string of the molecule is COc1cccc(C(=O)N2CCSC23C(=O)N(Cc2cccc(C)c2)c2ccccc23)c1. The molecule has 2 amide bonds. The summed E-state index contributed by atoms with van der Waals surface area (Å²) in [5, 5.41) is 0. The molecule has 0 bridgehead atoms. The Bertz CT molecular complexity index is 1210. The van der Waals surface area contributed by atoms with Crippen molar-refractivity contribution in [1.29, 1.82) is 0 Å². The van der Waals surface area contributed by atoms with E-state index in [9.17, 15) is 9.59 Å². The number of anilines is 1. The summed E-state index contributed by atoms with van der Waals surface area (Å²) in [7, 11) is 1.58.